The van der Waals surface area contributed by atoms with Gasteiger partial charge < -0.3 is 24.7 Å². The topological polar surface area (TPSA) is 86.6 Å². The van der Waals surface area contributed by atoms with Crippen molar-refractivity contribution >= 4 is 49.0 Å². The molecule has 7 nitrogen and oxygen atoms in total. The highest BCUT2D eigenvalue weighted by molar-refractivity contribution is 7.80. The Kier molecular flexibility index (Phi) is 9.26. The fourth-order valence-electron chi connectivity index (χ4n) is 3.58. The molecule has 0 bridgehead atoms. The summed E-state index contributed by atoms with van der Waals surface area (Å²) < 4.78 is 12.4. The van der Waals surface area contributed by atoms with E-state index in [9.17, 15) is 10.1 Å². The number of hydrogen-bond donors (Lipinski definition) is 2. The highest BCUT2D eigenvalue weighted by Gasteiger charge is 2.46. The number of nitrogens with one attached hydrogen (secondary N) is 2. The zero-order valence-electron chi connectivity index (χ0n) is 22.3. The molecule has 0 radical (unpaired) electrons. The number of carbonyl (C=O) groups excluding carboxylic acids is 1. The first-order valence-corrected chi connectivity index (χ1v) is 15.6. The molecule has 1 fully saturated rings. The van der Waals surface area contributed by atoms with Crippen molar-refractivity contribution in [2.24, 2.45) is 0 Å². The molecule has 0 spiro atoms. The van der Waals surface area contributed by atoms with Gasteiger partial charge in [-0.05, 0) is 82.2 Å². The van der Waals surface area contributed by atoms with Crippen LogP contribution in [0.25, 0.3) is 0 Å². The fraction of sp³-hybridized carbons (Fsp3) is 0.640. The Morgan fingerprint density at radius 3 is 2.46 bits per heavy atom. The molecule has 194 valence electrons. The van der Waals surface area contributed by atoms with Crippen LogP contribution in [-0.4, -0.2) is 55.3 Å². The van der Waals surface area contributed by atoms with E-state index in [2.05, 4.69) is 50.6 Å². The van der Waals surface area contributed by atoms with Crippen LogP contribution in [0.3, 0.4) is 0 Å². The lowest BCUT2D eigenvalue weighted by molar-refractivity contribution is 0.0169. The van der Waals surface area contributed by atoms with Gasteiger partial charge >= 0.3 is 6.09 Å². The number of halogens is 1. The van der Waals surface area contributed by atoms with Gasteiger partial charge in [0.25, 0.3) is 0 Å². The Hall–Kier alpha value is -1.86. The Labute approximate surface area is 221 Å². The van der Waals surface area contributed by atoms with E-state index < -0.39 is 13.9 Å². The van der Waals surface area contributed by atoms with Gasteiger partial charge in [-0.2, -0.15) is 5.26 Å². The maximum atomic E-state index is 13.0. The summed E-state index contributed by atoms with van der Waals surface area (Å²) >= 11 is 11.8. The Morgan fingerprint density at radius 1 is 1.29 bits per heavy atom. The maximum Gasteiger partial charge on any atom is 0.410 e. The van der Waals surface area contributed by atoms with Crippen LogP contribution < -0.4 is 10.6 Å². The van der Waals surface area contributed by atoms with Gasteiger partial charge in [0.2, 0.25) is 0 Å². The van der Waals surface area contributed by atoms with Crippen molar-refractivity contribution < 1.29 is 14.0 Å². The number of amides is 1. The molecule has 2 rings (SSSR count). The van der Waals surface area contributed by atoms with Crippen molar-refractivity contribution in [2.75, 3.05) is 18.4 Å². The summed E-state index contributed by atoms with van der Waals surface area (Å²) in [5.41, 5.74) is 1.29. The summed E-state index contributed by atoms with van der Waals surface area (Å²) in [6.45, 7) is 19.4. The molecule has 10 heteroatoms. The van der Waals surface area contributed by atoms with E-state index in [1.165, 1.54) is 0 Å². The molecule has 0 aromatic heterocycles. The molecule has 0 unspecified atom stereocenters. The third kappa shape index (κ3) is 7.56. The van der Waals surface area contributed by atoms with Crippen molar-refractivity contribution in [3.8, 4) is 6.07 Å². The summed E-state index contributed by atoms with van der Waals surface area (Å²) in [5, 5.41) is 16.4. The number of ether oxygens (including phenoxy) is 1. The molecular weight excluding hydrogens is 500 g/mol. The highest BCUT2D eigenvalue weighted by Crippen LogP contribution is 2.39. The van der Waals surface area contributed by atoms with E-state index in [1.54, 1.807) is 17.0 Å². The van der Waals surface area contributed by atoms with E-state index in [1.807, 2.05) is 27.7 Å². The minimum absolute atomic E-state index is 0.0492. The second-order valence-electron chi connectivity index (χ2n) is 11.5. The molecule has 0 aliphatic carbocycles. The van der Waals surface area contributed by atoms with Crippen LogP contribution in [0.4, 0.5) is 10.5 Å². The monoisotopic (exact) mass is 538 g/mol. The first-order valence-electron chi connectivity index (χ1n) is 11.9. The van der Waals surface area contributed by atoms with Crippen LogP contribution in [0.2, 0.25) is 23.2 Å². The van der Waals surface area contributed by atoms with Crippen molar-refractivity contribution in [3.05, 3.63) is 28.3 Å². The summed E-state index contributed by atoms with van der Waals surface area (Å²) in [6, 6.07) is 5.28. The van der Waals surface area contributed by atoms with E-state index in [-0.39, 0.29) is 23.3 Å². The minimum atomic E-state index is -2.06. The predicted molar refractivity (Wildman–Crippen MR) is 149 cm³/mol. The molecule has 2 atom stereocenters. The lowest BCUT2D eigenvalue weighted by atomic mass is 10.1. The number of anilines is 1. The fourth-order valence-corrected chi connectivity index (χ4v) is 5.36. The van der Waals surface area contributed by atoms with E-state index in [0.717, 1.165) is 17.7 Å². The maximum absolute atomic E-state index is 13.0. The molecule has 0 saturated carbocycles. The number of thiocarbonyl (C=S) groups is 1. The second kappa shape index (κ2) is 11.0. The Morgan fingerprint density at radius 2 is 1.91 bits per heavy atom. The third-order valence-electron chi connectivity index (χ3n) is 6.59. The number of hydrogen-bond acceptors (Lipinski definition) is 5. The zero-order chi connectivity index (χ0) is 26.8. The molecule has 1 heterocycles. The molecule has 1 aliphatic heterocycles. The first kappa shape index (κ1) is 29.4. The van der Waals surface area contributed by atoms with Crippen LogP contribution in [0.15, 0.2) is 12.1 Å². The van der Waals surface area contributed by atoms with Crippen molar-refractivity contribution in [1.29, 1.82) is 5.26 Å². The molecule has 1 amide bonds. The summed E-state index contributed by atoms with van der Waals surface area (Å²) in [6.07, 6.45) is 0.270. The van der Waals surface area contributed by atoms with Crippen molar-refractivity contribution in [1.82, 2.24) is 10.2 Å². The number of nitrogens with zero attached hydrogens (tertiary/aromatic N) is 2. The SMILES string of the molecule is Cc1c(NC(=S)NC[C@@H]2[C@@H](O[Si](C)(C)C(C)(C)C)CCN2C(=O)OC(C)(C)C)ccc(C#N)c1Cl. The average Bonchev–Trinajstić information content (AvgIpc) is 3.10. The molecule has 1 aromatic carbocycles. The normalized spacial score (nSPS) is 18.7. The summed E-state index contributed by atoms with van der Waals surface area (Å²) in [4.78, 5) is 14.8. The van der Waals surface area contributed by atoms with Gasteiger partial charge in [-0.3, -0.25) is 0 Å². The van der Waals surface area contributed by atoms with E-state index >= 15 is 0 Å². The smallest absolute Gasteiger partial charge is 0.410 e. The highest BCUT2D eigenvalue weighted by atomic mass is 35.5. The Balaban J connectivity index is 2.18. The first-order chi connectivity index (χ1) is 16.0. The quantitative estimate of drug-likeness (QED) is 0.340. The van der Waals surface area contributed by atoms with Gasteiger partial charge in [-0.1, -0.05) is 32.4 Å². The molecule has 35 heavy (non-hydrogen) atoms. The standard InChI is InChI=1S/C25H39ClN4O3SSi/c1-16-18(11-10-17(14-27)21(16)26)29-22(34)28-15-19-20(33-35(8,9)25(5,6)7)12-13-30(19)23(31)32-24(2,3)4/h10-11,19-20H,12-13,15H2,1-9H3,(H2,28,29,34)/t19-,20+/m1/s1. The molecule has 1 aromatic rings. The van der Waals surface area contributed by atoms with Crippen LogP contribution in [0, 0.1) is 18.3 Å². The largest absolute Gasteiger partial charge is 0.444 e. The van der Waals surface area contributed by atoms with Gasteiger partial charge in [0.05, 0.1) is 22.7 Å². The number of rotatable bonds is 5. The summed E-state index contributed by atoms with van der Waals surface area (Å²) in [5.74, 6) is 0. The van der Waals surface area contributed by atoms with E-state index in [4.69, 9.17) is 33.0 Å². The molecule has 1 aliphatic rings. The number of nitriles is 1. The van der Waals surface area contributed by atoms with Crippen LogP contribution in [-0.2, 0) is 9.16 Å². The number of carbonyl (C=O) groups is 1. The van der Waals surface area contributed by atoms with Gasteiger partial charge in [-0.25, -0.2) is 4.79 Å². The van der Waals surface area contributed by atoms with Crippen LogP contribution >= 0.6 is 23.8 Å². The molecular formula is C25H39ClN4O3SSi. The lowest BCUT2D eigenvalue weighted by Crippen LogP contribution is -2.53. The van der Waals surface area contributed by atoms with Crippen LogP contribution in [0.1, 0.15) is 59.1 Å². The van der Waals surface area contributed by atoms with Crippen molar-refractivity contribution in [2.45, 2.75) is 90.8 Å². The minimum Gasteiger partial charge on any atom is -0.444 e. The van der Waals surface area contributed by atoms with E-state index in [0.29, 0.717) is 28.8 Å². The van der Waals surface area contributed by atoms with Crippen molar-refractivity contribution in [3.63, 3.8) is 0 Å². The van der Waals surface area contributed by atoms with Gasteiger partial charge in [0.15, 0.2) is 13.4 Å². The average molecular weight is 539 g/mol. The number of likely N-dealkylation sites (tertiary alicyclic amines) is 1. The van der Waals surface area contributed by atoms with Crippen LogP contribution in [0.5, 0.6) is 0 Å². The number of benzene rings is 1. The zero-order valence-corrected chi connectivity index (χ0v) is 24.9. The second-order valence-corrected chi connectivity index (χ2v) is 17.0. The summed E-state index contributed by atoms with van der Waals surface area (Å²) in [7, 11) is -2.06. The third-order valence-corrected chi connectivity index (χ3v) is 11.8. The lowest BCUT2D eigenvalue weighted by Gasteiger charge is -2.40. The van der Waals surface area contributed by atoms with Gasteiger partial charge in [0, 0.05) is 18.8 Å². The predicted octanol–water partition coefficient (Wildman–Crippen LogP) is 6.21. The molecule has 2 N–H and O–H groups in total. The Bertz CT molecular complexity index is 998. The van der Waals surface area contributed by atoms with Gasteiger partial charge in [0.1, 0.15) is 11.7 Å². The molecule has 1 saturated heterocycles. The van der Waals surface area contributed by atoms with Gasteiger partial charge in [-0.15, -0.1) is 0 Å².